The molecule has 3 rings (SSSR count). The fourth-order valence-corrected chi connectivity index (χ4v) is 2.45. The van der Waals surface area contributed by atoms with Gasteiger partial charge in [-0.3, -0.25) is 9.78 Å². The summed E-state index contributed by atoms with van der Waals surface area (Å²) in [5.41, 5.74) is 3.79. The molecule has 0 aliphatic heterocycles. The lowest BCUT2D eigenvalue weighted by Crippen LogP contribution is -2.17. The van der Waals surface area contributed by atoms with E-state index >= 15 is 0 Å². The van der Waals surface area contributed by atoms with Crippen molar-refractivity contribution in [3.05, 3.63) is 89.2 Å². The van der Waals surface area contributed by atoms with E-state index in [4.69, 9.17) is 21.1 Å². The van der Waals surface area contributed by atoms with Gasteiger partial charge in [0, 0.05) is 18.0 Å². The number of amides is 1. The Hall–Kier alpha value is -3.38. The molecule has 28 heavy (non-hydrogen) atoms. The summed E-state index contributed by atoms with van der Waals surface area (Å²) in [7, 11) is 0. The summed E-state index contributed by atoms with van der Waals surface area (Å²) in [6.45, 7) is 0.772. The van der Waals surface area contributed by atoms with E-state index in [0.717, 1.165) is 5.56 Å². The highest BCUT2D eigenvalue weighted by atomic mass is 35.5. The van der Waals surface area contributed by atoms with Crippen LogP contribution in [0.25, 0.3) is 0 Å². The number of halogens is 1. The monoisotopic (exact) mass is 395 g/mol. The predicted molar refractivity (Wildman–Crippen MR) is 108 cm³/mol. The van der Waals surface area contributed by atoms with E-state index in [0.29, 0.717) is 35.3 Å². The van der Waals surface area contributed by atoms with Gasteiger partial charge in [-0.2, -0.15) is 5.10 Å². The fourth-order valence-electron chi connectivity index (χ4n) is 2.26. The Morgan fingerprint density at radius 1 is 1.00 bits per heavy atom. The molecule has 0 aliphatic carbocycles. The standard InChI is InChI=1S/C21H18ClN3O3/c22-19-3-1-2-4-20(19)28-14-13-27-18-7-5-16(6-8-18)15-24-25-21(26)17-9-11-23-12-10-17/h1-12,15H,13-14H2,(H,25,26). The van der Waals surface area contributed by atoms with Crippen LogP contribution in [0.5, 0.6) is 11.5 Å². The summed E-state index contributed by atoms with van der Waals surface area (Å²) in [4.78, 5) is 15.7. The van der Waals surface area contributed by atoms with Crippen molar-refractivity contribution in [3.8, 4) is 11.5 Å². The van der Waals surface area contributed by atoms with Crippen molar-refractivity contribution in [1.82, 2.24) is 10.4 Å². The number of nitrogens with zero attached hydrogens (tertiary/aromatic N) is 2. The minimum atomic E-state index is -0.294. The number of aromatic nitrogens is 1. The summed E-state index contributed by atoms with van der Waals surface area (Å²) in [6.07, 6.45) is 4.66. The van der Waals surface area contributed by atoms with Crippen molar-refractivity contribution in [2.45, 2.75) is 0 Å². The lowest BCUT2D eigenvalue weighted by atomic mass is 10.2. The molecule has 7 heteroatoms. The van der Waals surface area contributed by atoms with Gasteiger partial charge in [-0.1, -0.05) is 23.7 Å². The molecule has 0 fully saturated rings. The zero-order valence-corrected chi connectivity index (χ0v) is 15.7. The maximum absolute atomic E-state index is 11.9. The lowest BCUT2D eigenvalue weighted by Gasteiger charge is -2.09. The van der Waals surface area contributed by atoms with E-state index < -0.39 is 0 Å². The first-order valence-electron chi connectivity index (χ1n) is 8.56. The second-order valence-electron chi connectivity index (χ2n) is 5.63. The second kappa shape index (κ2) is 10.1. The van der Waals surface area contributed by atoms with Gasteiger partial charge in [0.15, 0.2) is 0 Å². The molecule has 1 heterocycles. The van der Waals surface area contributed by atoms with Crippen LogP contribution in [0.15, 0.2) is 78.2 Å². The Balaban J connectivity index is 1.42. The SMILES string of the molecule is O=C(NN=Cc1ccc(OCCOc2ccccc2Cl)cc1)c1ccncc1. The first-order chi connectivity index (χ1) is 13.7. The van der Waals surface area contributed by atoms with Crippen LogP contribution in [0.2, 0.25) is 5.02 Å². The smallest absolute Gasteiger partial charge is 0.271 e. The molecular weight excluding hydrogens is 378 g/mol. The minimum Gasteiger partial charge on any atom is -0.490 e. The third-order valence-corrected chi connectivity index (χ3v) is 3.96. The van der Waals surface area contributed by atoms with Crippen LogP contribution < -0.4 is 14.9 Å². The van der Waals surface area contributed by atoms with Gasteiger partial charge in [-0.25, -0.2) is 5.43 Å². The molecule has 0 saturated carbocycles. The molecule has 3 aromatic rings. The molecule has 1 N–H and O–H groups in total. The quantitative estimate of drug-likeness (QED) is 0.356. The molecule has 0 atom stereocenters. The van der Waals surface area contributed by atoms with Gasteiger partial charge in [0.25, 0.3) is 5.91 Å². The van der Waals surface area contributed by atoms with Crippen LogP contribution in [0.3, 0.4) is 0 Å². The number of benzene rings is 2. The number of hydrazone groups is 1. The molecule has 0 radical (unpaired) electrons. The van der Waals surface area contributed by atoms with Gasteiger partial charge >= 0.3 is 0 Å². The van der Waals surface area contributed by atoms with Crippen molar-refractivity contribution >= 4 is 23.7 Å². The predicted octanol–water partition coefficient (Wildman–Crippen LogP) is 3.96. The summed E-state index contributed by atoms with van der Waals surface area (Å²) < 4.78 is 11.2. The summed E-state index contributed by atoms with van der Waals surface area (Å²) in [5.74, 6) is 1.05. The third-order valence-electron chi connectivity index (χ3n) is 3.65. The van der Waals surface area contributed by atoms with Crippen LogP contribution in [-0.2, 0) is 0 Å². The van der Waals surface area contributed by atoms with E-state index in [9.17, 15) is 4.79 Å². The maximum atomic E-state index is 11.9. The number of pyridine rings is 1. The zero-order chi connectivity index (χ0) is 19.6. The van der Waals surface area contributed by atoms with Crippen LogP contribution in [0, 0.1) is 0 Å². The maximum Gasteiger partial charge on any atom is 0.271 e. The summed E-state index contributed by atoms with van der Waals surface area (Å²) in [6, 6.07) is 17.9. The Kier molecular flexibility index (Phi) is 6.98. The number of carbonyl (C=O) groups excluding carboxylic acids is 1. The minimum absolute atomic E-state index is 0.294. The Morgan fingerprint density at radius 2 is 1.71 bits per heavy atom. The Labute approximate surface area is 167 Å². The number of ether oxygens (including phenoxy) is 2. The topological polar surface area (TPSA) is 72.8 Å². The molecule has 2 aromatic carbocycles. The van der Waals surface area contributed by atoms with Gasteiger partial charge in [-0.05, 0) is 54.1 Å². The average molecular weight is 396 g/mol. The summed E-state index contributed by atoms with van der Waals surface area (Å²) >= 11 is 6.03. The van der Waals surface area contributed by atoms with E-state index in [2.05, 4.69) is 15.5 Å². The van der Waals surface area contributed by atoms with Crippen molar-refractivity contribution in [1.29, 1.82) is 0 Å². The molecule has 6 nitrogen and oxygen atoms in total. The number of carbonyl (C=O) groups is 1. The van der Waals surface area contributed by atoms with Gasteiger partial charge < -0.3 is 9.47 Å². The average Bonchev–Trinajstić information content (AvgIpc) is 2.74. The van der Waals surface area contributed by atoms with E-state index in [1.54, 1.807) is 36.8 Å². The molecule has 1 amide bonds. The molecule has 142 valence electrons. The molecule has 0 aliphatic rings. The number of para-hydroxylation sites is 1. The van der Waals surface area contributed by atoms with Gasteiger partial charge in [-0.15, -0.1) is 0 Å². The molecule has 0 unspecified atom stereocenters. The Morgan fingerprint density at radius 3 is 2.46 bits per heavy atom. The van der Waals surface area contributed by atoms with E-state index in [-0.39, 0.29) is 5.91 Å². The van der Waals surface area contributed by atoms with Gasteiger partial charge in [0.2, 0.25) is 0 Å². The molecule has 0 saturated heterocycles. The highest BCUT2D eigenvalue weighted by Crippen LogP contribution is 2.22. The fraction of sp³-hybridized carbons (Fsp3) is 0.0952. The summed E-state index contributed by atoms with van der Waals surface area (Å²) in [5, 5.41) is 4.52. The highest BCUT2D eigenvalue weighted by Gasteiger charge is 2.02. The zero-order valence-electron chi connectivity index (χ0n) is 14.9. The van der Waals surface area contributed by atoms with E-state index in [1.807, 2.05) is 42.5 Å². The normalized spacial score (nSPS) is 10.6. The number of rotatable bonds is 8. The Bertz CT molecular complexity index is 931. The van der Waals surface area contributed by atoms with Gasteiger partial charge in [0.05, 0.1) is 11.2 Å². The van der Waals surface area contributed by atoms with Crippen LogP contribution >= 0.6 is 11.6 Å². The molecule has 0 bridgehead atoms. The second-order valence-corrected chi connectivity index (χ2v) is 6.04. The number of nitrogens with one attached hydrogen (secondary N) is 1. The highest BCUT2D eigenvalue weighted by molar-refractivity contribution is 6.32. The first-order valence-corrected chi connectivity index (χ1v) is 8.94. The number of hydrogen-bond donors (Lipinski definition) is 1. The first kappa shape index (κ1) is 19.4. The third kappa shape index (κ3) is 5.82. The molecule has 1 aromatic heterocycles. The van der Waals surface area contributed by atoms with Crippen molar-refractivity contribution in [2.24, 2.45) is 5.10 Å². The number of hydrogen-bond acceptors (Lipinski definition) is 5. The van der Waals surface area contributed by atoms with Crippen LogP contribution in [0.1, 0.15) is 15.9 Å². The lowest BCUT2D eigenvalue weighted by molar-refractivity contribution is 0.0955. The van der Waals surface area contributed by atoms with Crippen LogP contribution in [0.4, 0.5) is 0 Å². The van der Waals surface area contributed by atoms with E-state index in [1.165, 1.54) is 0 Å². The van der Waals surface area contributed by atoms with Crippen molar-refractivity contribution < 1.29 is 14.3 Å². The van der Waals surface area contributed by atoms with Gasteiger partial charge in [0.1, 0.15) is 24.7 Å². The largest absolute Gasteiger partial charge is 0.490 e. The van der Waals surface area contributed by atoms with Crippen molar-refractivity contribution in [3.63, 3.8) is 0 Å². The van der Waals surface area contributed by atoms with Crippen molar-refractivity contribution in [2.75, 3.05) is 13.2 Å². The molecular formula is C21H18ClN3O3. The van der Waals surface area contributed by atoms with Crippen LogP contribution in [-0.4, -0.2) is 30.3 Å². The molecule has 0 spiro atoms.